The molecule has 0 aliphatic heterocycles. The van der Waals surface area contributed by atoms with E-state index in [0.29, 0.717) is 12.1 Å². The predicted molar refractivity (Wildman–Crippen MR) is 150 cm³/mol. The maximum atomic E-state index is 13.4. The number of thiazole rings is 1. The first kappa shape index (κ1) is 30.6. The highest BCUT2D eigenvalue weighted by Gasteiger charge is 2.34. The van der Waals surface area contributed by atoms with Gasteiger partial charge in [-0.1, -0.05) is 13.0 Å². The second kappa shape index (κ2) is 12.3. The monoisotopic (exact) mass is 605 g/mol. The van der Waals surface area contributed by atoms with Crippen LogP contribution in [0.1, 0.15) is 42.4 Å². The zero-order chi connectivity index (χ0) is 30.8. The lowest BCUT2D eigenvalue weighted by molar-refractivity contribution is -0.140. The van der Waals surface area contributed by atoms with Crippen LogP contribution in [0.3, 0.4) is 0 Å². The van der Waals surface area contributed by atoms with Gasteiger partial charge in [0, 0.05) is 40.8 Å². The van der Waals surface area contributed by atoms with Gasteiger partial charge in [0.1, 0.15) is 16.4 Å². The highest BCUT2D eigenvalue weighted by atomic mass is 32.1. The number of aliphatic hydroxyl groups is 2. The summed E-state index contributed by atoms with van der Waals surface area (Å²) in [6.07, 6.45) is -3.16. The van der Waals surface area contributed by atoms with Gasteiger partial charge >= 0.3 is 18.2 Å². The first-order chi connectivity index (χ1) is 19.9. The summed E-state index contributed by atoms with van der Waals surface area (Å²) in [5, 5.41) is 35.9. The van der Waals surface area contributed by atoms with Crippen LogP contribution < -0.4 is 16.1 Å². The average Bonchev–Trinajstić information content (AvgIpc) is 3.45. The molecule has 0 aliphatic carbocycles. The Morgan fingerprint density at radius 2 is 1.90 bits per heavy atom. The molecule has 11 nitrogen and oxygen atoms in total. The maximum Gasteiger partial charge on any atom is 0.434 e. The van der Waals surface area contributed by atoms with E-state index >= 15 is 0 Å². The van der Waals surface area contributed by atoms with Gasteiger partial charge in [0.05, 0.1) is 24.3 Å². The topological polar surface area (TPSA) is 167 Å². The second-order valence-corrected chi connectivity index (χ2v) is 10.0. The van der Waals surface area contributed by atoms with Crippen LogP contribution in [0, 0.1) is 0 Å². The molecule has 2 unspecified atom stereocenters. The van der Waals surface area contributed by atoms with E-state index in [-0.39, 0.29) is 39.3 Å². The third-order valence-electron chi connectivity index (χ3n) is 6.49. The Kier molecular flexibility index (Phi) is 8.94. The summed E-state index contributed by atoms with van der Waals surface area (Å²) >= 11 is 0.718. The number of nitrogens with one attached hydrogen (secondary N) is 2. The first-order valence-corrected chi connectivity index (χ1v) is 13.6. The van der Waals surface area contributed by atoms with E-state index in [1.807, 2.05) is 0 Å². The Balaban J connectivity index is 1.96. The van der Waals surface area contributed by atoms with Gasteiger partial charge in [0.15, 0.2) is 5.69 Å². The number of aromatic nitrogens is 3. The maximum absolute atomic E-state index is 13.4. The lowest BCUT2D eigenvalue weighted by Gasteiger charge is -2.25. The molecule has 5 N–H and O–H groups in total. The molecule has 0 bridgehead atoms. The molecular weight excluding hydrogens is 579 g/mol. The lowest BCUT2D eigenvalue weighted by Crippen LogP contribution is -2.30. The minimum Gasteiger partial charge on any atom is -0.477 e. The average molecular weight is 606 g/mol. The summed E-state index contributed by atoms with van der Waals surface area (Å²) in [5.74, 6) is -1.49. The van der Waals surface area contributed by atoms with Crippen molar-refractivity contribution < 1.29 is 38.1 Å². The van der Waals surface area contributed by atoms with Gasteiger partial charge in [-0.2, -0.15) is 13.2 Å². The number of anilines is 1. The summed E-state index contributed by atoms with van der Waals surface area (Å²) in [6.45, 7) is 3.14. The van der Waals surface area contributed by atoms with E-state index in [9.17, 15) is 42.9 Å². The fourth-order valence-corrected chi connectivity index (χ4v) is 5.25. The summed E-state index contributed by atoms with van der Waals surface area (Å²) in [4.78, 5) is 45.2. The van der Waals surface area contributed by atoms with Crippen molar-refractivity contribution in [1.29, 1.82) is 0 Å². The first-order valence-electron chi connectivity index (χ1n) is 12.7. The number of benzene rings is 1. The quantitative estimate of drug-likeness (QED) is 0.188. The molecule has 4 rings (SSSR count). The molecule has 3 aromatic heterocycles. The third kappa shape index (κ3) is 6.12. The molecule has 4 aromatic rings. The van der Waals surface area contributed by atoms with E-state index in [1.165, 1.54) is 29.0 Å². The zero-order valence-corrected chi connectivity index (χ0v) is 23.1. The van der Waals surface area contributed by atoms with E-state index in [0.717, 1.165) is 22.9 Å². The number of aliphatic hydroxyl groups excluding tert-OH is 2. The molecule has 0 saturated carbocycles. The minimum atomic E-state index is -4.70. The van der Waals surface area contributed by atoms with Gasteiger partial charge in [0.25, 0.3) is 0 Å². The fourth-order valence-electron chi connectivity index (χ4n) is 4.40. The molecular formula is C27H26F3N5O6S. The molecule has 3 heterocycles. The number of alkyl halides is 3. The van der Waals surface area contributed by atoms with Gasteiger partial charge in [-0.05, 0) is 37.1 Å². The molecule has 0 aliphatic rings. The van der Waals surface area contributed by atoms with Crippen molar-refractivity contribution in [1.82, 2.24) is 19.9 Å². The Morgan fingerprint density at radius 1 is 1.17 bits per heavy atom. The number of fused-ring (bicyclic) bond motifs is 1. The number of pyridine rings is 2. The molecule has 2 amide bonds. The number of hydrogen-bond donors (Lipinski definition) is 5. The van der Waals surface area contributed by atoms with Gasteiger partial charge in [0.2, 0.25) is 5.43 Å². The van der Waals surface area contributed by atoms with Crippen LogP contribution in [0.4, 0.5) is 23.8 Å². The molecule has 1 aromatic carbocycles. The molecule has 2 atom stereocenters. The van der Waals surface area contributed by atoms with Crippen molar-refractivity contribution >= 4 is 40.1 Å². The number of amides is 2. The molecule has 222 valence electrons. The summed E-state index contributed by atoms with van der Waals surface area (Å²) in [7, 11) is 0. The second-order valence-electron chi connectivity index (χ2n) is 9.18. The smallest absolute Gasteiger partial charge is 0.434 e. The predicted octanol–water partition coefficient (Wildman–Crippen LogP) is 4.35. The fraction of sp³-hybridized carbons (Fsp3) is 0.296. The Bertz CT molecular complexity index is 1700. The number of carboxylic acids is 1. The van der Waals surface area contributed by atoms with Crippen LogP contribution in [-0.4, -0.2) is 61.1 Å². The van der Waals surface area contributed by atoms with Crippen LogP contribution >= 0.6 is 11.3 Å². The Labute approximate surface area is 240 Å². The summed E-state index contributed by atoms with van der Waals surface area (Å²) in [6, 6.07) is 4.19. The molecule has 0 spiro atoms. The molecule has 0 fully saturated rings. The van der Waals surface area contributed by atoms with Crippen molar-refractivity contribution in [3.8, 4) is 21.7 Å². The van der Waals surface area contributed by atoms with Crippen molar-refractivity contribution in [2.75, 3.05) is 18.5 Å². The van der Waals surface area contributed by atoms with Crippen molar-refractivity contribution in [2.45, 2.75) is 38.6 Å². The van der Waals surface area contributed by atoms with Crippen molar-refractivity contribution in [2.24, 2.45) is 0 Å². The highest BCUT2D eigenvalue weighted by molar-refractivity contribution is 7.13. The van der Waals surface area contributed by atoms with Crippen molar-refractivity contribution in [3.63, 3.8) is 0 Å². The van der Waals surface area contributed by atoms with E-state index in [1.54, 1.807) is 19.9 Å². The Morgan fingerprint density at radius 3 is 2.50 bits per heavy atom. The SMILES string of the molecule is CCNC(=O)Nc1cc(-c2nc(C(F)(F)F)cs2)c(-c2ccc3c(c2)c(=O)c(C(=O)O)cn3C(CO)C(O)CC)cn1. The highest BCUT2D eigenvalue weighted by Crippen LogP contribution is 2.39. The Hall–Kier alpha value is -4.34. The van der Waals surface area contributed by atoms with Gasteiger partial charge in [-0.25, -0.2) is 19.6 Å². The number of hydrogen-bond acceptors (Lipinski definition) is 8. The number of urea groups is 1. The van der Waals surface area contributed by atoms with E-state index < -0.39 is 53.6 Å². The summed E-state index contributed by atoms with van der Waals surface area (Å²) in [5.41, 5.74) is -1.62. The number of rotatable bonds is 9. The molecule has 0 saturated heterocycles. The number of carbonyl (C=O) groups excluding carboxylic acids is 1. The lowest BCUT2D eigenvalue weighted by atomic mass is 9.98. The van der Waals surface area contributed by atoms with Gasteiger partial charge < -0.3 is 25.2 Å². The van der Waals surface area contributed by atoms with E-state index in [4.69, 9.17) is 0 Å². The standard InChI is InChI=1S/C27H26F3N5O6S/c1-3-20(37)19(11-36)35-10-17(25(39)40)23(38)15-7-13(5-6-18(15)35)16-9-32-22(34-26(41)31-4-2)8-14(16)24-33-21(12-42-24)27(28,29)30/h5-10,12,19-20,36-37H,3-4,11H2,1-2H3,(H,39,40)(H2,31,32,34,41). The van der Waals surface area contributed by atoms with Gasteiger partial charge in [-0.15, -0.1) is 11.3 Å². The van der Waals surface area contributed by atoms with Crippen LogP contribution in [-0.2, 0) is 6.18 Å². The molecule has 42 heavy (non-hydrogen) atoms. The summed E-state index contributed by atoms with van der Waals surface area (Å²) < 4.78 is 41.4. The van der Waals surface area contributed by atoms with Crippen LogP contribution in [0.2, 0.25) is 0 Å². The number of aromatic carboxylic acids is 1. The number of carbonyl (C=O) groups is 2. The number of carboxylic acid groups (broad SMARTS) is 1. The van der Waals surface area contributed by atoms with Crippen LogP contribution in [0.25, 0.3) is 32.6 Å². The number of halogens is 3. The minimum absolute atomic E-state index is 0.0270. The zero-order valence-electron chi connectivity index (χ0n) is 22.3. The van der Waals surface area contributed by atoms with Crippen LogP contribution in [0.15, 0.2) is 46.8 Å². The third-order valence-corrected chi connectivity index (χ3v) is 7.36. The van der Waals surface area contributed by atoms with Gasteiger partial charge in [-0.3, -0.25) is 10.1 Å². The molecule has 15 heteroatoms. The largest absolute Gasteiger partial charge is 0.477 e. The number of nitrogens with zero attached hydrogens (tertiary/aromatic N) is 3. The van der Waals surface area contributed by atoms with Crippen LogP contribution in [0.5, 0.6) is 0 Å². The molecule has 0 radical (unpaired) electrons. The van der Waals surface area contributed by atoms with E-state index in [2.05, 4.69) is 20.6 Å². The van der Waals surface area contributed by atoms with Crippen molar-refractivity contribution in [3.05, 3.63) is 63.5 Å². The normalized spacial score (nSPS) is 13.1.